The molecular weight excluding hydrogens is 381 g/mol. The summed E-state index contributed by atoms with van der Waals surface area (Å²) in [5, 5.41) is 0. The molecule has 1 aromatic heterocycles. The molecule has 7 heteroatoms. The van der Waals surface area contributed by atoms with Crippen molar-refractivity contribution in [2.75, 3.05) is 42.5 Å². The molecule has 2 unspecified atom stereocenters. The van der Waals surface area contributed by atoms with Crippen molar-refractivity contribution < 1.29 is 9.18 Å². The Labute approximate surface area is 176 Å². The number of hydrogen-bond acceptors (Lipinski definition) is 5. The fourth-order valence-electron chi connectivity index (χ4n) is 5.17. The molecule has 3 saturated heterocycles. The highest BCUT2D eigenvalue weighted by molar-refractivity contribution is 5.79. The summed E-state index contributed by atoms with van der Waals surface area (Å²) in [5.74, 6) is 2.39. The van der Waals surface area contributed by atoms with E-state index in [0.717, 1.165) is 62.8 Å². The van der Waals surface area contributed by atoms with E-state index in [-0.39, 0.29) is 17.8 Å². The zero-order chi connectivity index (χ0) is 20.5. The Morgan fingerprint density at radius 2 is 1.67 bits per heavy atom. The van der Waals surface area contributed by atoms with Crippen LogP contribution in [0.25, 0.3) is 0 Å². The summed E-state index contributed by atoms with van der Waals surface area (Å²) in [4.78, 5) is 28.7. The zero-order valence-corrected chi connectivity index (χ0v) is 17.2. The van der Waals surface area contributed by atoms with Crippen molar-refractivity contribution in [3.8, 4) is 0 Å². The monoisotopic (exact) mass is 409 g/mol. The van der Waals surface area contributed by atoms with E-state index in [1.54, 1.807) is 18.5 Å². The smallest absolute Gasteiger partial charge is 0.227 e. The van der Waals surface area contributed by atoms with Gasteiger partial charge in [0.15, 0.2) is 0 Å². The van der Waals surface area contributed by atoms with Crippen LogP contribution in [0.15, 0.2) is 36.7 Å². The second-order valence-corrected chi connectivity index (χ2v) is 8.67. The van der Waals surface area contributed by atoms with Crippen LogP contribution in [0.1, 0.15) is 31.2 Å². The molecule has 0 N–H and O–H groups in total. The van der Waals surface area contributed by atoms with Crippen molar-refractivity contribution in [2.24, 2.45) is 5.92 Å². The summed E-state index contributed by atoms with van der Waals surface area (Å²) < 4.78 is 13.2. The maximum absolute atomic E-state index is 13.2. The van der Waals surface area contributed by atoms with Gasteiger partial charge in [0.1, 0.15) is 23.8 Å². The van der Waals surface area contributed by atoms with Crippen molar-refractivity contribution in [3.63, 3.8) is 0 Å². The van der Waals surface area contributed by atoms with Gasteiger partial charge in [0.05, 0.1) is 12.5 Å². The summed E-state index contributed by atoms with van der Waals surface area (Å²) in [6.07, 6.45) is 6.58. The second kappa shape index (κ2) is 8.20. The first-order chi connectivity index (χ1) is 14.7. The van der Waals surface area contributed by atoms with Gasteiger partial charge in [-0.05, 0) is 49.3 Å². The van der Waals surface area contributed by atoms with Crippen LogP contribution in [-0.4, -0.2) is 59.5 Å². The number of halogens is 1. The minimum Gasteiger partial charge on any atom is -0.356 e. The number of carbonyl (C=O) groups is 1. The summed E-state index contributed by atoms with van der Waals surface area (Å²) in [6, 6.07) is 8.57. The van der Waals surface area contributed by atoms with Crippen molar-refractivity contribution >= 4 is 17.5 Å². The molecule has 0 radical (unpaired) electrons. The van der Waals surface area contributed by atoms with Crippen molar-refractivity contribution in [1.82, 2.24) is 14.9 Å². The molecule has 3 fully saturated rings. The Balaban J connectivity index is 1.28. The lowest BCUT2D eigenvalue weighted by atomic mass is 9.92. The summed E-state index contributed by atoms with van der Waals surface area (Å²) in [7, 11) is 0. The number of aromatic nitrogens is 2. The van der Waals surface area contributed by atoms with E-state index in [1.807, 2.05) is 4.90 Å². The van der Waals surface area contributed by atoms with Crippen LogP contribution in [0.4, 0.5) is 16.0 Å². The molecule has 4 heterocycles. The number of nitrogens with zero attached hydrogens (tertiary/aromatic N) is 5. The standard InChI is InChI=1S/C23H28FN5O/c24-19-5-3-17(4-6-19)13-23(30)29-12-8-18-7-11-28(15-20(18)29)22-14-21(25-16-26-22)27-9-1-2-10-27/h3-6,14,16,18,20H,1-2,7-13,15H2. The highest BCUT2D eigenvalue weighted by atomic mass is 19.1. The molecule has 30 heavy (non-hydrogen) atoms. The minimum absolute atomic E-state index is 0.136. The van der Waals surface area contributed by atoms with Gasteiger partial charge in [0.2, 0.25) is 5.91 Å². The van der Waals surface area contributed by atoms with Crippen molar-refractivity contribution in [2.45, 2.75) is 38.1 Å². The summed E-state index contributed by atoms with van der Waals surface area (Å²) in [6.45, 7) is 4.72. The molecule has 3 aliphatic heterocycles. The number of fused-ring (bicyclic) bond motifs is 1. The van der Waals surface area contributed by atoms with Crippen LogP contribution in [0, 0.1) is 11.7 Å². The molecular formula is C23H28FN5O. The number of amides is 1. The first-order valence-corrected chi connectivity index (χ1v) is 11.0. The highest BCUT2D eigenvalue weighted by Crippen LogP contribution is 2.34. The van der Waals surface area contributed by atoms with Gasteiger partial charge in [-0.1, -0.05) is 12.1 Å². The molecule has 2 atom stereocenters. The van der Waals surface area contributed by atoms with Gasteiger partial charge in [0.25, 0.3) is 0 Å². The maximum atomic E-state index is 13.2. The van der Waals surface area contributed by atoms with E-state index in [2.05, 4.69) is 25.8 Å². The third kappa shape index (κ3) is 3.85. The normalized spacial score (nSPS) is 23.7. The maximum Gasteiger partial charge on any atom is 0.227 e. The number of carbonyl (C=O) groups excluding carboxylic acids is 1. The van der Waals surface area contributed by atoms with Gasteiger partial charge < -0.3 is 14.7 Å². The van der Waals surface area contributed by atoms with Gasteiger partial charge in [-0.25, -0.2) is 14.4 Å². The molecule has 158 valence electrons. The second-order valence-electron chi connectivity index (χ2n) is 8.67. The molecule has 5 rings (SSSR count). The van der Waals surface area contributed by atoms with Crippen LogP contribution in [0.5, 0.6) is 0 Å². The minimum atomic E-state index is -0.270. The van der Waals surface area contributed by atoms with Crippen molar-refractivity contribution in [3.05, 3.63) is 48.0 Å². The number of hydrogen-bond donors (Lipinski definition) is 0. The molecule has 3 aliphatic rings. The lowest BCUT2D eigenvalue weighted by Crippen LogP contribution is -2.50. The number of likely N-dealkylation sites (tertiary alicyclic amines) is 1. The van der Waals surface area contributed by atoms with E-state index in [1.165, 1.54) is 25.0 Å². The Hall–Kier alpha value is -2.70. The van der Waals surface area contributed by atoms with Gasteiger partial charge >= 0.3 is 0 Å². The Morgan fingerprint density at radius 1 is 0.967 bits per heavy atom. The Kier molecular flexibility index (Phi) is 5.27. The van der Waals surface area contributed by atoms with Gasteiger partial charge in [-0.15, -0.1) is 0 Å². The molecule has 0 saturated carbocycles. The zero-order valence-electron chi connectivity index (χ0n) is 17.2. The molecule has 0 bridgehead atoms. The first-order valence-electron chi connectivity index (χ1n) is 11.0. The third-order valence-electron chi connectivity index (χ3n) is 6.84. The fourth-order valence-corrected chi connectivity index (χ4v) is 5.17. The molecule has 0 aliphatic carbocycles. The molecule has 6 nitrogen and oxygen atoms in total. The van der Waals surface area contributed by atoms with E-state index in [0.29, 0.717) is 12.3 Å². The predicted molar refractivity (Wildman–Crippen MR) is 114 cm³/mol. The first kappa shape index (κ1) is 19.3. The van der Waals surface area contributed by atoms with Crippen LogP contribution in [0.3, 0.4) is 0 Å². The van der Waals surface area contributed by atoms with Crippen molar-refractivity contribution in [1.29, 1.82) is 0 Å². The largest absolute Gasteiger partial charge is 0.356 e. The Bertz CT molecular complexity index is 899. The van der Waals surface area contributed by atoms with Crippen LogP contribution >= 0.6 is 0 Å². The fraction of sp³-hybridized carbons (Fsp3) is 0.522. The summed E-state index contributed by atoms with van der Waals surface area (Å²) in [5.41, 5.74) is 0.864. The van der Waals surface area contributed by atoms with E-state index in [9.17, 15) is 9.18 Å². The van der Waals surface area contributed by atoms with Crippen LogP contribution in [0.2, 0.25) is 0 Å². The van der Waals surface area contributed by atoms with E-state index in [4.69, 9.17) is 0 Å². The highest BCUT2D eigenvalue weighted by Gasteiger charge is 2.40. The third-order valence-corrected chi connectivity index (χ3v) is 6.84. The molecule has 2 aromatic rings. The number of benzene rings is 1. The SMILES string of the molecule is O=C(Cc1ccc(F)cc1)N1CCC2CCN(c3cc(N4CCCC4)ncn3)CC21. The van der Waals surface area contributed by atoms with Gasteiger partial charge in [0, 0.05) is 38.8 Å². The molecule has 0 spiro atoms. The van der Waals surface area contributed by atoms with Gasteiger partial charge in [-0.3, -0.25) is 4.79 Å². The number of anilines is 2. The van der Waals surface area contributed by atoms with E-state index < -0.39 is 0 Å². The topological polar surface area (TPSA) is 52.6 Å². The van der Waals surface area contributed by atoms with Crippen LogP contribution in [-0.2, 0) is 11.2 Å². The number of piperidine rings is 1. The average Bonchev–Trinajstić information content (AvgIpc) is 3.45. The predicted octanol–water partition coefficient (Wildman–Crippen LogP) is 2.89. The van der Waals surface area contributed by atoms with E-state index >= 15 is 0 Å². The lowest BCUT2D eigenvalue weighted by Gasteiger charge is -2.39. The quantitative estimate of drug-likeness (QED) is 0.777. The molecule has 1 amide bonds. The number of rotatable bonds is 4. The van der Waals surface area contributed by atoms with Crippen LogP contribution < -0.4 is 9.80 Å². The summed E-state index contributed by atoms with van der Waals surface area (Å²) >= 11 is 0. The average molecular weight is 410 g/mol. The van der Waals surface area contributed by atoms with Gasteiger partial charge in [-0.2, -0.15) is 0 Å². The lowest BCUT2D eigenvalue weighted by molar-refractivity contribution is -0.131. The Morgan fingerprint density at radius 3 is 2.43 bits per heavy atom. The molecule has 1 aromatic carbocycles.